The number of ether oxygens (including phenoxy) is 1. The first-order valence-corrected chi connectivity index (χ1v) is 7.19. The second-order valence-electron chi connectivity index (χ2n) is 6.06. The van der Waals surface area contributed by atoms with Gasteiger partial charge in [0.25, 0.3) is 0 Å². The van der Waals surface area contributed by atoms with E-state index in [4.69, 9.17) is 15.5 Å². The van der Waals surface area contributed by atoms with E-state index in [1.165, 1.54) is 5.56 Å². The number of hydrogen-bond donors (Lipinski definition) is 1. The molecular formula is C17H24N2O. The van der Waals surface area contributed by atoms with E-state index < -0.39 is 0 Å². The number of hydrogen-bond acceptors (Lipinski definition) is 3. The number of nitrogens with two attached hydrogens (primary N) is 1. The maximum atomic E-state index is 5.83. The van der Waals surface area contributed by atoms with E-state index in [-0.39, 0.29) is 5.41 Å². The molecule has 1 aromatic heterocycles. The second kappa shape index (κ2) is 5.80. The molecule has 0 saturated carbocycles. The minimum absolute atomic E-state index is 0.0632. The summed E-state index contributed by atoms with van der Waals surface area (Å²) < 4.78 is 5.70. The smallest absolute Gasteiger partial charge is 0.145 e. The Balaban J connectivity index is 2.51. The van der Waals surface area contributed by atoms with Crippen molar-refractivity contribution in [3.8, 4) is 5.75 Å². The molecule has 0 radical (unpaired) electrons. The number of rotatable bonds is 5. The third-order valence-corrected chi connectivity index (χ3v) is 3.57. The molecule has 0 bridgehead atoms. The molecule has 0 aliphatic carbocycles. The van der Waals surface area contributed by atoms with Crippen molar-refractivity contribution in [1.82, 2.24) is 4.98 Å². The Kier molecular flexibility index (Phi) is 4.29. The lowest BCUT2D eigenvalue weighted by atomic mass is 9.87. The summed E-state index contributed by atoms with van der Waals surface area (Å²) in [6.07, 6.45) is 0.876. The minimum atomic E-state index is 0.0632. The van der Waals surface area contributed by atoms with Crippen molar-refractivity contribution in [3.63, 3.8) is 0 Å². The standard InChI is InChI=1S/C17H24N2O/c1-5-20-15-8-6-7-14-12(2)9-13(19-16(14)15)10-17(3,4)11-18/h6-9H,5,10-11,18H2,1-4H3. The highest BCUT2D eigenvalue weighted by Crippen LogP contribution is 2.29. The first-order valence-electron chi connectivity index (χ1n) is 7.19. The van der Waals surface area contributed by atoms with Gasteiger partial charge in [0, 0.05) is 11.1 Å². The molecule has 0 fully saturated rings. The fraction of sp³-hybridized carbons (Fsp3) is 0.471. The fourth-order valence-corrected chi connectivity index (χ4v) is 2.38. The number of aryl methyl sites for hydroxylation is 1. The highest BCUT2D eigenvalue weighted by molar-refractivity contribution is 5.87. The van der Waals surface area contributed by atoms with Crippen LogP contribution in [0.3, 0.4) is 0 Å². The average molecular weight is 272 g/mol. The monoisotopic (exact) mass is 272 g/mol. The van der Waals surface area contributed by atoms with Gasteiger partial charge in [-0.1, -0.05) is 26.0 Å². The van der Waals surface area contributed by atoms with E-state index in [1.54, 1.807) is 0 Å². The Labute approximate surface area is 121 Å². The van der Waals surface area contributed by atoms with Crippen LogP contribution in [-0.2, 0) is 6.42 Å². The molecule has 2 rings (SSSR count). The Morgan fingerprint density at radius 1 is 1.30 bits per heavy atom. The number of nitrogens with zero attached hydrogens (tertiary/aromatic N) is 1. The average Bonchev–Trinajstić information content (AvgIpc) is 2.40. The van der Waals surface area contributed by atoms with Crippen molar-refractivity contribution in [3.05, 3.63) is 35.5 Å². The van der Waals surface area contributed by atoms with Gasteiger partial charge in [-0.25, -0.2) is 4.98 Å². The van der Waals surface area contributed by atoms with Crippen LogP contribution in [0.15, 0.2) is 24.3 Å². The summed E-state index contributed by atoms with van der Waals surface area (Å²) in [5.74, 6) is 0.862. The van der Waals surface area contributed by atoms with Gasteiger partial charge in [-0.2, -0.15) is 0 Å². The SMILES string of the molecule is CCOc1cccc2c(C)cc(CC(C)(C)CN)nc12. The van der Waals surface area contributed by atoms with E-state index in [1.807, 2.05) is 19.1 Å². The van der Waals surface area contributed by atoms with Crippen LogP contribution < -0.4 is 10.5 Å². The largest absolute Gasteiger partial charge is 0.492 e. The van der Waals surface area contributed by atoms with Gasteiger partial charge >= 0.3 is 0 Å². The van der Waals surface area contributed by atoms with Crippen molar-refractivity contribution in [2.45, 2.75) is 34.1 Å². The molecule has 0 atom stereocenters. The van der Waals surface area contributed by atoms with Crippen LogP contribution >= 0.6 is 0 Å². The first kappa shape index (κ1) is 14.8. The van der Waals surface area contributed by atoms with Gasteiger partial charge in [0.15, 0.2) is 0 Å². The van der Waals surface area contributed by atoms with Crippen molar-refractivity contribution < 1.29 is 4.74 Å². The van der Waals surface area contributed by atoms with E-state index >= 15 is 0 Å². The molecule has 0 aliphatic rings. The maximum absolute atomic E-state index is 5.83. The molecule has 2 aromatic rings. The molecule has 0 saturated heterocycles. The molecule has 0 amide bonds. The number of pyridine rings is 1. The molecule has 1 heterocycles. The summed E-state index contributed by atoms with van der Waals surface area (Å²) in [5.41, 5.74) is 9.17. The molecule has 0 unspecified atom stereocenters. The second-order valence-corrected chi connectivity index (χ2v) is 6.06. The third kappa shape index (κ3) is 3.10. The van der Waals surface area contributed by atoms with E-state index in [2.05, 4.69) is 32.9 Å². The lowest BCUT2D eigenvalue weighted by molar-refractivity contribution is 0.343. The number of para-hydroxylation sites is 1. The van der Waals surface area contributed by atoms with Gasteiger partial charge in [-0.3, -0.25) is 0 Å². The van der Waals surface area contributed by atoms with Crippen molar-refractivity contribution in [2.24, 2.45) is 11.1 Å². The summed E-state index contributed by atoms with van der Waals surface area (Å²) in [6.45, 7) is 9.76. The van der Waals surface area contributed by atoms with E-state index in [9.17, 15) is 0 Å². The van der Waals surface area contributed by atoms with Crippen LogP contribution in [0.1, 0.15) is 32.0 Å². The number of fused-ring (bicyclic) bond motifs is 1. The molecular weight excluding hydrogens is 248 g/mol. The van der Waals surface area contributed by atoms with Gasteiger partial charge in [0.05, 0.1) is 6.61 Å². The lowest BCUT2D eigenvalue weighted by Crippen LogP contribution is -2.26. The Bertz CT molecular complexity index is 605. The van der Waals surface area contributed by atoms with Crippen LogP contribution in [0.25, 0.3) is 10.9 Å². The fourth-order valence-electron chi connectivity index (χ4n) is 2.38. The zero-order valence-corrected chi connectivity index (χ0v) is 12.9. The van der Waals surface area contributed by atoms with Crippen LogP contribution in [-0.4, -0.2) is 18.1 Å². The van der Waals surface area contributed by atoms with Crippen molar-refractivity contribution >= 4 is 10.9 Å². The van der Waals surface area contributed by atoms with E-state index in [0.29, 0.717) is 13.2 Å². The summed E-state index contributed by atoms with van der Waals surface area (Å²) >= 11 is 0. The van der Waals surface area contributed by atoms with Crippen LogP contribution in [0, 0.1) is 12.3 Å². The normalized spacial score (nSPS) is 11.8. The highest BCUT2D eigenvalue weighted by Gasteiger charge is 2.18. The first-order chi connectivity index (χ1) is 9.46. The van der Waals surface area contributed by atoms with Crippen molar-refractivity contribution in [2.75, 3.05) is 13.2 Å². The quantitative estimate of drug-likeness (QED) is 0.906. The number of benzene rings is 1. The molecule has 2 N–H and O–H groups in total. The van der Waals surface area contributed by atoms with Gasteiger partial charge in [-0.05, 0) is 49.9 Å². The zero-order chi connectivity index (χ0) is 14.8. The van der Waals surface area contributed by atoms with E-state index in [0.717, 1.165) is 28.8 Å². The topological polar surface area (TPSA) is 48.1 Å². The molecule has 3 heteroatoms. The number of aromatic nitrogens is 1. The van der Waals surface area contributed by atoms with Gasteiger partial charge < -0.3 is 10.5 Å². The van der Waals surface area contributed by atoms with Crippen LogP contribution in [0.2, 0.25) is 0 Å². The Morgan fingerprint density at radius 3 is 2.70 bits per heavy atom. The Hall–Kier alpha value is -1.61. The van der Waals surface area contributed by atoms with Gasteiger partial charge in [0.2, 0.25) is 0 Å². The highest BCUT2D eigenvalue weighted by atomic mass is 16.5. The van der Waals surface area contributed by atoms with Crippen LogP contribution in [0.4, 0.5) is 0 Å². The molecule has 1 aromatic carbocycles. The van der Waals surface area contributed by atoms with Gasteiger partial charge in [0.1, 0.15) is 11.3 Å². The summed E-state index contributed by atoms with van der Waals surface area (Å²) in [6, 6.07) is 8.26. The summed E-state index contributed by atoms with van der Waals surface area (Å²) in [4.78, 5) is 4.81. The molecule has 0 aliphatic heterocycles. The molecule has 108 valence electrons. The Morgan fingerprint density at radius 2 is 2.05 bits per heavy atom. The summed E-state index contributed by atoms with van der Waals surface area (Å²) in [5, 5.41) is 1.16. The lowest BCUT2D eigenvalue weighted by Gasteiger charge is -2.22. The van der Waals surface area contributed by atoms with Crippen molar-refractivity contribution in [1.29, 1.82) is 0 Å². The predicted molar refractivity (Wildman–Crippen MR) is 84.2 cm³/mol. The van der Waals surface area contributed by atoms with Gasteiger partial charge in [-0.15, -0.1) is 0 Å². The minimum Gasteiger partial charge on any atom is -0.492 e. The predicted octanol–water partition coefficient (Wildman–Crippen LogP) is 3.47. The van der Waals surface area contributed by atoms with Crippen LogP contribution in [0.5, 0.6) is 5.75 Å². The molecule has 20 heavy (non-hydrogen) atoms. The zero-order valence-electron chi connectivity index (χ0n) is 12.9. The third-order valence-electron chi connectivity index (χ3n) is 3.57. The molecule has 0 spiro atoms. The maximum Gasteiger partial charge on any atom is 0.145 e. The summed E-state index contributed by atoms with van der Waals surface area (Å²) in [7, 11) is 0. The molecule has 3 nitrogen and oxygen atoms in total.